The van der Waals surface area contributed by atoms with E-state index in [0.717, 1.165) is 0 Å². The van der Waals surface area contributed by atoms with Crippen LogP contribution in [0.1, 0.15) is 11.6 Å². The SMILES string of the molecule is N#CC(Nc1ccc(F)cc1)c1c(F)cccc1Cl. The smallest absolute Gasteiger partial charge is 0.144 e. The molecule has 19 heavy (non-hydrogen) atoms. The molecular weight excluding hydrogens is 270 g/mol. The zero-order valence-corrected chi connectivity index (χ0v) is 10.5. The highest BCUT2D eigenvalue weighted by atomic mass is 35.5. The van der Waals surface area contributed by atoms with E-state index in [4.69, 9.17) is 16.9 Å². The summed E-state index contributed by atoms with van der Waals surface area (Å²) in [4.78, 5) is 0. The maximum Gasteiger partial charge on any atom is 0.144 e. The van der Waals surface area contributed by atoms with Crippen molar-refractivity contribution >= 4 is 17.3 Å². The second-order valence-corrected chi connectivity index (χ2v) is 4.26. The van der Waals surface area contributed by atoms with Crippen LogP contribution in [0.4, 0.5) is 14.5 Å². The Kier molecular flexibility index (Phi) is 3.98. The Bertz CT molecular complexity index is 600. The highest BCUT2D eigenvalue weighted by Gasteiger charge is 2.18. The quantitative estimate of drug-likeness (QED) is 0.909. The lowest BCUT2D eigenvalue weighted by molar-refractivity contribution is 0.607. The van der Waals surface area contributed by atoms with Crippen molar-refractivity contribution in [3.63, 3.8) is 0 Å². The fourth-order valence-corrected chi connectivity index (χ4v) is 1.94. The van der Waals surface area contributed by atoms with Gasteiger partial charge in [0.05, 0.1) is 6.07 Å². The largest absolute Gasteiger partial charge is 0.366 e. The predicted octanol–water partition coefficient (Wildman–Crippen LogP) is 4.29. The number of anilines is 1. The molecule has 1 unspecified atom stereocenters. The van der Waals surface area contributed by atoms with Crippen molar-refractivity contribution in [3.05, 3.63) is 64.7 Å². The molecule has 1 atom stereocenters. The molecule has 5 heteroatoms. The van der Waals surface area contributed by atoms with Gasteiger partial charge >= 0.3 is 0 Å². The Hall–Kier alpha value is -2.12. The van der Waals surface area contributed by atoms with Gasteiger partial charge in [-0.3, -0.25) is 0 Å². The van der Waals surface area contributed by atoms with Crippen molar-refractivity contribution in [2.24, 2.45) is 0 Å². The fraction of sp³-hybridized carbons (Fsp3) is 0.0714. The van der Waals surface area contributed by atoms with Gasteiger partial charge in [0, 0.05) is 16.3 Å². The molecule has 1 N–H and O–H groups in total. The number of benzene rings is 2. The van der Waals surface area contributed by atoms with E-state index in [2.05, 4.69) is 5.32 Å². The molecule has 0 heterocycles. The third-order valence-electron chi connectivity index (χ3n) is 2.57. The van der Waals surface area contributed by atoms with Crippen molar-refractivity contribution in [2.45, 2.75) is 6.04 Å². The fourth-order valence-electron chi connectivity index (χ4n) is 1.67. The third-order valence-corrected chi connectivity index (χ3v) is 2.90. The molecule has 0 amide bonds. The van der Waals surface area contributed by atoms with Gasteiger partial charge in [0.2, 0.25) is 0 Å². The number of rotatable bonds is 3. The molecule has 0 saturated heterocycles. The summed E-state index contributed by atoms with van der Waals surface area (Å²) in [5, 5.41) is 12.1. The highest BCUT2D eigenvalue weighted by Crippen LogP contribution is 2.28. The first kappa shape index (κ1) is 13.3. The summed E-state index contributed by atoms with van der Waals surface area (Å²) < 4.78 is 26.5. The standard InChI is InChI=1S/C14H9ClF2N2/c15-11-2-1-3-12(17)14(11)13(8-18)19-10-6-4-9(16)5-7-10/h1-7,13,19H. The van der Waals surface area contributed by atoms with Crippen LogP contribution in [0.5, 0.6) is 0 Å². The molecule has 2 aromatic carbocycles. The van der Waals surface area contributed by atoms with Crippen LogP contribution < -0.4 is 5.32 Å². The molecule has 0 spiro atoms. The average molecular weight is 279 g/mol. The summed E-state index contributed by atoms with van der Waals surface area (Å²) in [5.74, 6) is -0.948. The van der Waals surface area contributed by atoms with Crippen LogP contribution in [-0.4, -0.2) is 0 Å². The highest BCUT2D eigenvalue weighted by molar-refractivity contribution is 6.31. The minimum absolute atomic E-state index is 0.0796. The first-order valence-corrected chi connectivity index (χ1v) is 5.85. The molecule has 0 bridgehead atoms. The van der Waals surface area contributed by atoms with Gasteiger partial charge in [0.1, 0.15) is 17.7 Å². The lowest BCUT2D eigenvalue weighted by atomic mass is 10.1. The molecule has 0 fully saturated rings. The van der Waals surface area contributed by atoms with Crippen LogP contribution >= 0.6 is 11.6 Å². The molecule has 0 radical (unpaired) electrons. The summed E-state index contributed by atoms with van der Waals surface area (Å²) >= 11 is 5.90. The van der Waals surface area contributed by atoms with E-state index in [-0.39, 0.29) is 16.4 Å². The van der Waals surface area contributed by atoms with Gasteiger partial charge in [0.25, 0.3) is 0 Å². The molecule has 0 aliphatic carbocycles. The minimum atomic E-state index is -0.945. The van der Waals surface area contributed by atoms with Gasteiger partial charge in [-0.25, -0.2) is 8.78 Å². The van der Waals surface area contributed by atoms with Crippen molar-refractivity contribution < 1.29 is 8.78 Å². The van der Waals surface area contributed by atoms with Crippen LogP contribution in [0.15, 0.2) is 42.5 Å². The Balaban J connectivity index is 2.31. The van der Waals surface area contributed by atoms with Crippen LogP contribution in [-0.2, 0) is 0 Å². The Morgan fingerprint density at radius 2 is 1.79 bits per heavy atom. The van der Waals surface area contributed by atoms with E-state index in [1.54, 1.807) is 0 Å². The second-order valence-electron chi connectivity index (χ2n) is 3.85. The van der Waals surface area contributed by atoms with E-state index in [9.17, 15) is 8.78 Å². The second kappa shape index (κ2) is 5.68. The average Bonchev–Trinajstić information content (AvgIpc) is 2.39. The Morgan fingerprint density at radius 1 is 1.11 bits per heavy atom. The molecule has 2 aromatic rings. The number of halogens is 3. The van der Waals surface area contributed by atoms with E-state index in [0.29, 0.717) is 5.69 Å². The van der Waals surface area contributed by atoms with Crippen LogP contribution in [0, 0.1) is 23.0 Å². The van der Waals surface area contributed by atoms with E-state index in [1.807, 2.05) is 6.07 Å². The zero-order valence-electron chi connectivity index (χ0n) is 9.70. The summed E-state index contributed by atoms with van der Waals surface area (Å²) in [5.41, 5.74) is 0.586. The summed E-state index contributed by atoms with van der Waals surface area (Å²) in [7, 11) is 0. The maximum absolute atomic E-state index is 13.7. The number of hydrogen-bond donors (Lipinski definition) is 1. The topological polar surface area (TPSA) is 35.8 Å². The van der Waals surface area contributed by atoms with Gasteiger partial charge < -0.3 is 5.32 Å². The van der Waals surface area contributed by atoms with Gasteiger partial charge in [0.15, 0.2) is 0 Å². The molecule has 0 aliphatic rings. The van der Waals surface area contributed by atoms with Crippen molar-refractivity contribution in [2.75, 3.05) is 5.32 Å². The molecule has 2 nitrogen and oxygen atoms in total. The van der Waals surface area contributed by atoms with E-state index in [1.165, 1.54) is 42.5 Å². The zero-order chi connectivity index (χ0) is 13.8. The Labute approximate surface area is 114 Å². The number of nitrogens with zero attached hydrogens (tertiary/aromatic N) is 1. The number of nitrogens with one attached hydrogen (secondary N) is 1. The van der Waals surface area contributed by atoms with Gasteiger partial charge in [-0.15, -0.1) is 0 Å². The van der Waals surface area contributed by atoms with Crippen LogP contribution in [0.3, 0.4) is 0 Å². The first-order chi connectivity index (χ1) is 9.11. The van der Waals surface area contributed by atoms with Crippen LogP contribution in [0.25, 0.3) is 0 Å². The Morgan fingerprint density at radius 3 is 2.37 bits per heavy atom. The van der Waals surface area contributed by atoms with Gasteiger partial charge in [-0.05, 0) is 36.4 Å². The summed E-state index contributed by atoms with van der Waals surface area (Å²) in [6.45, 7) is 0. The molecule has 0 aliphatic heterocycles. The maximum atomic E-state index is 13.7. The van der Waals surface area contributed by atoms with E-state index >= 15 is 0 Å². The molecular formula is C14H9ClF2N2. The number of nitriles is 1. The lowest BCUT2D eigenvalue weighted by Crippen LogP contribution is -2.11. The monoisotopic (exact) mass is 278 g/mol. The van der Waals surface area contributed by atoms with Gasteiger partial charge in [-0.1, -0.05) is 17.7 Å². The minimum Gasteiger partial charge on any atom is -0.366 e. The summed E-state index contributed by atoms with van der Waals surface area (Å²) in [6, 6.07) is 10.6. The molecule has 0 aromatic heterocycles. The van der Waals surface area contributed by atoms with Crippen molar-refractivity contribution in [1.82, 2.24) is 0 Å². The predicted molar refractivity (Wildman–Crippen MR) is 69.8 cm³/mol. The third kappa shape index (κ3) is 3.01. The molecule has 96 valence electrons. The summed E-state index contributed by atoms with van der Waals surface area (Å²) in [6.07, 6.45) is 0. The van der Waals surface area contributed by atoms with Crippen molar-refractivity contribution in [3.8, 4) is 6.07 Å². The normalized spacial score (nSPS) is 11.7. The molecule has 2 rings (SSSR count). The lowest BCUT2D eigenvalue weighted by Gasteiger charge is -2.15. The number of hydrogen-bond acceptors (Lipinski definition) is 2. The van der Waals surface area contributed by atoms with E-state index < -0.39 is 11.9 Å². The van der Waals surface area contributed by atoms with Crippen LogP contribution in [0.2, 0.25) is 5.02 Å². The van der Waals surface area contributed by atoms with Gasteiger partial charge in [-0.2, -0.15) is 5.26 Å². The molecule has 0 saturated carbocycles. The first-order valence-electron chi connectivity index (χ1n) is 5.47. The van der Waals surface area contributed by atoms with Crippen molar-refractivity contribution in [1.29, 1.82) is 5.26 Å².